The van der Waals surface area contributed by atoms with Crippen LogP contribution in [0.3, 0.4) is 0 Å². The van der Waals surface area contributed by atoms with Crippen LogP contribution in [0.25, 0.3) is 0 Å². The molecule has 2 N–H and O–H groups in total. The summed E-state index contributed by atoms with van der Waals surface area (Å²) in [6, 6.07) is 6.18. The predicted octanol–water partition coefficient (Wildman–Crippen LogP) is 2.09. The van der Waals surface area contributed by atoms with Crippen LogP contribution in [0.5, 0.6) is 5.75 Å². The third-order valence-electron chi connectivity index (χ3n) is 2.76. The van der Waals surface area contributed by atoms with E-state index in [9.17, 15) is 0 Å². The van der Waals surface area contributed by atoms with Crippen molar-refractivity contribution in [3.8, 4) is 5.75 Å². The number of nitrogens with one attached hydrogen (secondary N) is 2. The van der Waals surface area contributed by atoms with Gasteiger partial charge in [0.1, 0.15) is 11.6 Å². The minimum atomic E-state index is 0.648. The van der Waals surface area contributed by atoms with Crippen LogP contribution in [0.15, 0.2) is 30.6 Å². The first-order valence-corrected chi connectivity index (χ1v) is 6.23. The minimum Gasteiger partial charge on any atom is -0.495 e. The lowest BCUT2D eigenvalue weighted by Gasteiger charge is -2.14. The van der Waals surface area contributed by atoms with Gasteiger partial charge in [0.25, 0.3) is 0 Å². The van der Waals surface area contributed by atoms with Crippen molar-refractivity contribution in [2.24, 2.45) is 0 Å². The van der Waals surface area contributed by atoms with Gasteiger partial charge in [0.05, 0.1) is 19.3 Å². The number of benzene rings is 1. The van der Waals surface area contributed by atoms with Crippen LogP contribution >= 0.6 is 0 Å². The van der Waals surface area contributed by atoms with Crippen molar-refractivity contribution < 1.29 is 4.74 Å². The molecule has 0 radical (unpaired) electrons. The molecule has 0 saturated heterocycles. The maximum absolute atomic E-state index is 5.37. The van der Waals surface area contributed by atoms with E-state index in [0.29, 0.717) is 6.54 Å². The molecular formula is C14H20N4O. The van der Waals surface area contributed by atoms with Crippen LogP contribution in [0, 0.1) is 0 Å². The molecule has 5 nitrogen and oxygen atoms in total. The summed E-state index contributed by atoms with van der Waals surface area (Å²) in [5.41, 5.74) is 2.23. The number of ether oxygens (including phenoxy) is 1. The Morgan fingerprint density at radius 1 is 1.37 bits per heavy atom. The summed E-state index contributed by atoms with van der Waals surface area (Å²) in [5.74, 6) is 1.74. The third kappa shape index (κ3) is 3.72. The van der Waals surface area contributed by atoms with E-state index >= 15 is 0 Å². The van der Waals surface area contributed by atoms with E-state index in [1.165, 1.54) is 5.56 Å². The van der Waals surface area contributed by atoms with Crippen molar-refractivity contribution >= 4 is 5.69 Å². The number of rotatable bonds is 6. The summed E-state index contributed by atoms with van der Waals surface area (Å²) in [7, 11) is 5.79. The number of methoxy groups -OCH3 is 1. The topological polar surface area (TPSA) is 53.2 Å². The van der Waals surface area contributed by atoms with Gasteiger partial charge in [-0.1, -0.05) is 6.07 Å². The van der Waals surface area contributed by atoms with Crippen molar-refractivity contribution in [3.63, 3.8) is 0 Å². The minimum absolute atomic E-state index is 0.648. The summed E-state index contributed by atoms with van der Waals surface area (Å²) < 4.78 is 5.37. The average molecular weight is 260 g/mol. The Kier molecular flexibility index (Phi) is 4.41. The fourth-order valence-electron chi connectivity index (χ4n) is 1.93. The van der Waals surface area contributed by atoms with Crippen LogP contribution in [-0.2, 0) is 13.1 Å². The maximum atomic E-state index is 5.37. The Balaban J connectivity index is 2.11. The Labute approximate surface area is 113 Å². The van der Waals surface area contributed by atoms with E-state index in [-0.39, 0.29) is 0 Å². The highest BCUT2D eigenvalue weighted by atomic mass is 16.5. The standard InChI is InChI=1S/C14H20N4O/c1-18(2)10-11-4-5-13(19-3)12(8-11)17-9-14-15-6-7-16-14/h4-8,17H,9-10H2,1-3H3,(H,15,16). The largest absolute Gasteiger partial charge is 0.495 e. The molecule has 1 aromatic carbocycles. The lowest BCUT2D eigenvalue weighted by molar-refractivity contribution is 0.400. The summed E-state index contributed by atoms with van der Waals surface area (Å²) in [4.78, 5) is 9.40. The molecular weight excluding hydrogens is 240 g/mol. The molecule has 1 heterocycles. The number of aromatic amines is 1. The van der Waals surface area contributed by atoms with E-state index < -0.39 is 0 Å². The lowest BCUT2D eigenvalue weighted by atomic mass is 10.1. The molecule has 0 aliphatic heterocycles. The van der Waals surface area contributed by atoms with Crippen molar-refractivity contribution in [1.29, 1.82) is 0 Å². The summed E-state index contributed by atoms with van der Waals surface area (Å²) in [6.45, 7) is 1.55. The number of hydrogen-bond acceptors (Lipinski definition) is 4. The molecule has 0 bridgehead atoms. The molecule has 5 heteroatoms. The molecule has 0 spiro atoms. The SMILES string of the molecule is COc1ccc(CN(C)C)cc1NCc1ncc[nH]1. The smallest absolute Gasteiger partial charge is 0.141 e. The zero-order valence-electron chi connectivity index (χ0n) is 11.6. The van der Waals surface area contributed by atoms with Crippen LogP contribution < -0.4 is 10.1 Å². The molecule has 0 aliphatic rings. The second-order valence-electron chi connectivity index (χ2n) is 4.66. The normalized spacial score (nSPS) is 10.7. The number of imidazole rings is 1. The molecule has 19 heavy (non-hydrogen) atoms. The molecule has 0 amide bonds. The second kappa shape index (κ2) is 6.24. The van der Waals surface area contributed by atoms with Gasteiger partial charge in [-0.25, -0.2) is 4.98 Å². The summed E-state index contributed by atoms with van der Waals surface area (Å²) >= 11 is 0. The van der Waals surface area contributed by atoms with Gasteiger partial charge in [-0.3, -0.25) is 0 Å². The molecule has 0 fully saturated rings. The van der Waals surface area contributed by atoms with Crippen LogP contribution in [0.4, 0.5) is 5.69 Å². The van der Waals surface area contributed by atoms with Gasteiger partial charge < -0.3 is 19.9 Å². The van der Waals surface area contributed by atoms with Gasteiger partial charge in [-0.05, 0) is 31.8 Å². The highest BCUT2D eigenvalue weighted by Gasteiger charge is 2.05. The van der Waals surface area contributed by atoms with E-state index in [1.807, 2.05) is 12.3 Å². The fourth-order valence-corrected chi connectivity index (χ4v) is 1.93. The number of aromatic nitrogens is 2. The van der Waals surface area contributed by atoms with E-state index in [1.54, 1.807) is 13.3 Å². The van der Waals surface area contributed by atoms with Gasteiger partial charge >= 0.3 is 0 Å². The zero-order chi connectivity index (χ0) is 13.7. The first kappa shape index (κ1) is 13.4. The van der Waals surface area contributed by atoms with Crippen molar-refractivity contribution in [1.82, 2.24) is 14.9 Å². The van der Waals surface area contributed by atoms with Crippen molar-refractivity contribution in [2.45, 2.75) is 13.1 Å². The van der Waals surface area contributed by atoms with E-state index in [4.69, 9.17) is 4.74 Å². The maximum Gasteiger partial charge on any atom is 0.141 e. The average Bonchev–Trinajstić information content (AvgIpc) is 2.89. The number of H-pyrrole nitrogens is 1. The molecule has 2 rings (SSSR count). The van der Waals surface area contributed by atoms with Gasteiger partial charge in [-0.2, -0.15) is 0 Å². The molecule has 102 valence electrons. The predicted molar refractivity (Wildman–Crippen MR) is 76.3 cm³/mol. The van der Waals surface area contributed by atoms with Crippen LogP contribution in [0.2, 0.25) is 0 Å². The number of nitrogens with zero attached hydrogens (tertiary/aromatic N) is 2. The Hall–Kier alpha value is -2.01. The Morgan fingerprint density at radius 3 is 2.84 bits per heavy atom. The monoisotopic (exact) mass is 260 g/mol. The Bertz CT molecular complexity index is 508. The van der Waals surface area contributed by atoms with Gasteiger partial charge in [0.2, 0.25) is 0 Å². The van der Waals surface area contributed by atoms with Crippen molar-refractivity contribution in [2.75, 3.05) is 26.5 Å². The third-order valence-corrected chi connectivity index (χ3v) is 2.76. The molecule has 1 aromatic heterocycles. The van der Waals surface area contributed by atoms with Gasteiger partial charge in [0, 0.05) is 18.9 Å². The van der Waals surface area contributed by atoms with Crippen LogP contribution in [-0.4, -0.2) is 36.1 Å². The molecule has 0 aliphatic carbocycles. The molecule has 0 atom stereocenters. The van der Waals surface area contributed by atoms with E-state index in [0.717, 1.165) is 23.8 Å². The molecule has 0 unspecified atom stereocenters. The molecule has 2 aromatic rings. The fraction of sp³-hybridized carbons (Fsp3) is 0.357. The van der Waals surface area contributed by atoms with E-state index in [2.05, 4.69) is 46.4 Å². The van der Waals surface area contributed by atoms with Crippen LogP contribution in [0.1, 0.15) is 11.4 Å². The second-order valence-corrected chi connectivity index (χ2v) is 4.66. The summed E-state index contributed by atoms with van der Waals surface area (Å²) in [5, 5.41) is 3.34. The highest BCUT2D eigenvalue weighted by molar-refractivity contribution is 5.58. The molecule has 0 saturated carbocycles. The van der Waals surface area contributed by atoms with Gasteiger partial charge in [-0.15, -0.1) is 0 Å². The summed E-state index contributed by atoms with van der Waals surface area (Å²) in [6.07, 6.45) is 3.56. The Morgan fingerprint density at radius 2 is 2.21 bits per heavy atom. The van der Waals surface area contributed by atoms with Crippen molar-refractivity contribution in [3.05, 3.63) is 42.0 Å². The quantitative estimate of drug-likeness (QED) is 0.835. The highest BCUT2D eigenvalue weighted by Crippen LogP contribution is 2.26. The lowest BCUT2D eigenvalue weighted by Crippen LogP contribution is -2.11. The number of hydrogen-bond donors (Lipinski definition) is 2. The van der Waals surface area contributed by atoms with Gasteiger partial charge in [0.15, 0.2) is 0 Å². The first-order chi connectivity index (χ1) is 9.19. The first-order valence-electron chi connectivity index (χ1n) is 6.23. The number of anilines is 1. The zero-order valence-corrected chi connectivity index (χ0v) is 11.6.